The van der Waals surface area contributed by atoms with E-state index in [1.807, 2.05) is 18.2 Å². The molecule has 2 saturated heterocycles. The van der Waals surface area contributed by atoms with Crippen molar-refractivity contribution < 1.29 is 4.79 Å². The van der Waals surface area contributed by atoms with Gasteiger partial charge in [0.05, 0.1) is 17.3 Å². The van der Waals surface area contributed by atoms with Gasteiger partial charge in [0.2, 0.25) is 5.91 Å². The SMILES string of the molecule is O=C(Nc1ccccc1N1CCCC1)[C@H]1CCCNC1. The molecule has 0 radical (unpaired) electrons. The Bertz CT molecular complexity index is 463. The number of rotatable bonds is 3. The number of piperidine rings is 1. The maximum absolute atomic E-state index is 12.4. The van der Waals surface area contributed by atoms with E-state index < -0.39 is 0 Å². The number of amides is 1. The molecule has 4 nitrogen and oxygen atoms in total. The molecule has 0 spiro atoms. The summed E-state index contributed by atoms with van der Waals surface area (Å²) in [6.45, 7) is 4.03. The van der Waals surface area contributed by atoms with Gasteiger partial charge in [-0.1, -0.05) is 12.1 Å². The second kappa shape index (κ2) is 6.27. The molecule has 0 saturated carbocycles. The van der Waals surface area contributed by atoms with E-state index in [0.29, 0.717) is 0 Å². The molecule has 2 aliphatic heterocycles. The minimum atomic E-state index is 0.107. The molecule has 2 aliphatic rings. The van der Waals surface area contributed by atoms with Crippen molar-refractivity contribution in [3.63, 3.8) is 0 Å². The number of para-hydroxylation sites is 2. The van der Waals surface area contributed by atoms with Crippen LogP contribution < -0.4 is 15.5 Å². The molecule has 1 amide bonds. The van der Waals surface area contributed by atoms with E-state index in [1.165, 1.54) is 18.5 Å². The fourth-order valence-corrected chi connectivity index (χ4v) is 3.12. The summed E-state index contributed by atoms with van der Waals surface area (Å²) in [6, 6.07) is 8.17. The van der Waals surface area contributed by atoms with Gasteiger partial charge in [0, 0.05) is 19.6 Å². The number of hydrogen-bond acceptors (Lipinski definition) is 3. The number of carbonyl (C=O) groups excluding carboxylic acids is 1. The molecule has 3 rings (SSSR count). The lowest BCUT2D eigenvalue weighted by molar-refractivity contribution is -0.120. The van der Waals surface area contributed by atoms with Gasteiger partial charge in [-0.15, -0.1) is 0 Å². The normalized spacial score (nSPS) is 22.8. The lowest BCUT2D eigenvalue weighted by atomic mass is 9.98. The predicted octanol–water partition coefficient (Wildman–Crippen LogP) is 2.22. The summed E-state index contributed by atoms with van der Waals surface area (Å²) in [5, 5.41) is 6.44. The molecule has 1 atom stereocenters. The molecule has 4 heteroatoms. The third kappa shape index (κ3) is 2.96. The van der Waals surface area contributed by atoms with Crippen LogP contribution in [0.15, 0.2) is 24.3 Å². The first-order valence-corrected chi connectivity index (χ1v) is 7.70. The Hall–Kier alpha value is -1.55. The van der Waals surface area contributed by atoms with Crippen LogP contribution in [0.4, 0.5) is 11.4 Å². The quantitative estimate of drug-likeness (QED) is 0.887. The van der Waals surface area contributed by atoms with E-state index >= 15 is 0 Å². The summed E-state index contributed by atoms with van der Waals surface area (Å²) in [6.07, 6.45) is 4.57. The predicted molar refractivity (Wildman–Crippen MR) is 82.1 cm³/mol. The minimum Gasteiger partial charge on any atom is -0.370 e. The highest BCUT2D eigenvalue weighted by Gasteiger charge is 2.22. The topological polar surface area (TPSA) is 44.4 Å². The van der Waals surface area contributed by atoms with Crippen LogP contribution >= 0.6 is 0 Å². The third-order valence-corrected chi connectivity index (χ3v) is 4.28. The summed E-state index contributed by atoms with van der Waals surface area (Å²) in [5.74, 6) is 0.263. The summed E-state index contributed by atoms with van der Waals surface area (Å²) in [4.78, 5) is 14.7. The van der Waals surface area contributed by atoms with Crippen molar-refractivity contribution in [1.82, 2.24) is 5.32 Å². The zero-order valence-corrected chi connectivity index (χ0v) is 11.9. The number of nitrogens with zero attached hydrogens (tertiary/aromatic N) is 1. The van der Waals surface area contributed by atoms with Crippen LogP contribution in [0.1, 0.15) is 25.7 Å². The maximum atomic E-state index is 12.4. The summed E-state index contributed by atoms with van der Waals surface area (Å²) in [5.41, 5.74) is 2.13. The highest BCUT2D eigenvalue weighted by Crippen LogP contribution is 2.29. The Morgan fingerprint density at radius 1 is 1.20 bits per heavy atom. The van der Waals surface area contributed by atoms with E-state index in [-0.39, 0.29) is 11.8 Å². The van der Waals surface area contributed by atoms with Crippen molar-refractivity contribution >= 4 is 17.3 Å². The minimum absolute atomic E-state index is 0.107. The lowest BCUT2D eigenvalue weighted by Crippen LogP contribution is -2.37. The van der Waals surface area contributed by atoms with Gasteiger partial charge in [0.1, 0.15) is 0 Å². The lowest BCUT2D eigenvalue weighted by Gasteiger charge is -2.25. The van der Waals surface area contributed by atoms with Gasteiger partial charge in [-0.2, -0.15) is 0 Å². The van der Waals surface area contributed by atoms with Gasteiger partial charge >= 0.3 is 0 Å². The van der Waals surface area contributed by atoms with Crippen LogP contribution in [-0.4, -0.2) is 32.1 Å². The summed E-state index contributed by atoms with van der Waals surface area (Å²) in [7, 11) is 0. The van der Waals surface area contributed by atoms with Crippen molar-refractivity contribution in [3.05, 3.63) is 24.3 Å². The molecule has 1 aromatic rings. The zero-order valence-electron chi connectivity index (χ0n) is 11.9. The van der Waals surface area contributed by atoms with Crippen molar-refractivity contribution in [2.24, 2.45) is 5.92 Å². The Morgan fingerprint density at radius 2 is 2.00 bits per heavy atom. The smallest absolute Gasteiger partial charge is 0.228 e. The monoisotopic (exact) mass is 273 g/mol. The first-order chi connectivity index (χ1) is 9.84. The second-order valence-electron chi connectivity index (χ2n) is 5.74. The average molecular weight is 273 g/mol. The van der Waals surface area contributed by atoms with Crippen molar-refractivity contribution in [1.29, 1.82) is 0 Å². The average Bonchev–Trinajstić information content (AvgIpc) is 3.03. The van der Waals surface area contributed by atoms with Gasteiger partial charge in [-0.05, 0) is 44.4 Å². The van der Waals surface area contributed by atoms with Crippen LogP contribution in [0.2, 0.25) is 0 Å². The highest BCUT2D eigenvalue weighted by molar-refractivity contribution is 5.96. The van der Waals surface area contributed by atoms with E-state index in [4.69, 9.17) is 0 Å². The number of hydrogen-bond donors (Lipinski definition) is 2. The number of carbonyl (C=O) groups is 1. The Balaban J connectivity index is 1.71. The van der Waals surface area contributed by atoms with E-state index in [9.17, 15) is 4.79 Å². The van der Waals surface area contributed by atoms with Crippen molar-refractivity contribution in [2.75, 3.05) is 36.4 Å². The van der Waals surface area contributed by atoms with Crippen LogP contribution in [0.3, 0.4) is 0 Å². The standard InChI is InChI=1S/C16H23N3O/c20-16(13-6-5-9-17-12-13)18-14-7-1-2-8-15(14)19-10-3-4-11-19/h1-2,7-8,13,17H,3-6,9-12H2,(H,18,20)/t13-/m0/s1. The zero-order chi connectivity index (χ0) is 13.8. The fourth-order valence-electron chi connectivity index (χ4n) is 3.12. The molecule has 108 valence electrons. The molecule has 0 unspecified atom stereocenters. The molecule has 20 heavy (non-hydrogen) atoms. The van der Waals surface area contributed by atoms with Crippen LogP contribution in [-0.2, 0) is 4.79 Å². The van der Waals surface area contributed by atoms with Gasteiger partial charge in [0.15, 0.2) is 0 Å². The number of nitrogens with one attached hydrogen (secondary N) is 2. The Morgan fingerprint density at radius 3 is 2.75 bits per heavy atom. The van der Waals surface area contributed by atoms with Crippen LogP contribution in [0, 0.1) is 5.92 Å². The van der Waals surface area contributed by atoms with Gasteiger partial charge in [-0.25, -0.2) is 0 Å². The van der Waals surface area contributed by atoms with Crippen molar-refractivity contribution in [2.45, 2.75) is 25.7 Å². The number of anilines is 2. The Labute approximate surface area is 120 Å². The van der Waals surface area contributed by atoms with E-state index in [0.717, 1.165) is 44.7 Å². The van der Waals surface area contributed by atoms with Gasteiger partial charge in [0.25, 0.3) is 0 Å². The first kappa shape index (κ1) is 13.4. The summed E-state index contributed by atoms with van der Waals surface area (Å²) < 4.78 is 0. The van der Waals surface area contributed by atoms with Crippen LogP contribution in [0.25, 0.3) is 0 Å². The number of benzene rings is 1. The molecular formula is C16H23N3O. The molecule has 0 aromatic heterocycles. The highest BCUT2D eigenvalue weighted by atomic mass is 16.1. The third-order valence-electron chi connectivity index (χ3n) is 4.28. The van der Waals surface area contributed by atoms with Crippen LogP contribution in [0.5, 0.6) is 0 Å². The summed E-state index contributed by atoms with van der Waals surface area (Å²) >= 11 is 0. The first-order valence-electron chi connectivity index (χ1n) is 7.70. The largest absolute Gasteiger partial charge is 0.370 e. The van der Waals surface area contributed by atoms with E-state index in [1.54, 1.807) is 0 Å². The van der Waals surface area contributed by atoms with Gasteiger partial charge in [-0.3, -0.25) is 4.79 Å². The molecule has 2 fully saturated rings. The van der Waals surface area contributed by atoms with E-state index in [2.05, 4.69) is 21.6 Å². The molecule has 0 aliphatic carbocycles. The maximum Gasteiger partial charge on any atom is 0.228 e. The van der Waals surface area contributed by atoms with Gasteiger partial charge < -0.3 is 15.5 Å². The molecule has 1 aromatic carbocycles. The molecular weight excluding hydrogens is 250 g/mol. The molecule has 2 N–H and O–H groups in total. The second-order valence-corrected chi connectivity index (χ2v) is 5.74. The van der Waals surface area contributed by atoms with Crippen molar-refractivity contribution in [3.8, 4) is 0 Å². The Kier molecular flexibility index (Phi) is 4.21. The molecule has 0 bridgehead atoms. The molecule has 2 heterocycles. The fraction of sp³-hybridized carbons (Fsp3) is 0.562.